The molecule has 1 atom stereocenters. The lowest BCUT2D eigenvalue weighted by Crippen LogP contribution is -2.40. The van der Waals surface area contributed by atoms with Crippen LogP contribution in [-0.2, 0) is 0 Å². The fraction of sp³-hybridized carbons (Fsp3) is 0.500. The van der Waals surface area contributed by atoms with E-state index in [2.05, 4.69) is 0 Å². The SMILES string of the molecule is N=C(N)CC(c1ccccc1)N(CC(F)(F)F)C1CC1. The van der Waals surface area contributed by atoms with Crippen LogP contribution in [0.5, 0.6) is 0 Å². The Morgan fingerprint density at radius 2 is 1.90 bits per heavy atom. The van der Waals surface area contributed by atoms with Gasteiger partial charge in [0.2, 0.25) is 0 Å². The molecule has 0 heterocycles. The molecule has 1 saturated carbocycles. The molecule has 3 N–H and O–H groups in total. The van der Waals surface area contributed by atoms with E-state index >= 15 is 0 Å². The summed E-state index contributed by atoms with van der Waals surface area (Å²) in [7, 11) is 0. The predicted molar refractivity (Wildman–Crippen MR) is 71.5 cm³/mol. The Morgan fingerprint density at radius 1 is 1.30 bits per heavy atom. The highest BCUT2D eigenvalue weighted by atomic mass is 19.4. The average molecular weight is 285 g/mol. The maximum Gasteiger partial charge on any atom is 0.401 e. The number of amidine groups is 1. The van der Waals surface area contributed by atoms with E-state index in [1.54, 1.807) is 24.3 Å². The molecule has 3 nitrogen and oxygen atoms in total. The second kappa shape index (κ2) is 5.83. The number of benzene rings is 1. The van der Waals surface area contributed by atoms with Gasteiger partial charge in [-0.25, -0.2) is 0 Å². The number of nitrogens with zero attached hydrogens (tertiary/aromatic N) is 1. The monoisotopic (exact) mass is 285 g/mol. The molecule has 2 rings (SSSR count). The quantitative estimate of drug-likeness (QED) is 0.623. The molecule has 0 aromatic heterocycles. The third-order valence-electron chi connectivity index (χ3n) is 3.38. The molecular formula is C14H18F3N3. The summed E-state index contributed by atoms with van der Waals surface area (Å²) in [5.74, 6) is -0.0910. The fourth-order valence-electron chi connectivity index (χ4n) is 2.42. The summed E-state index contributed by atoms with van der Waals surface area (Å²) in [6.07, 6.45) is -2.57. The minimum atomic E-state index is -4.24. The van der Waals surface area contributed by atoms with Gasteiger partial charge in [0.05, 0.1) is 12.4 Å². The average Bonchev–Trinajstić information content (AvgIpc) is 3.17. The van der Waals surface area contributed by atoms with Gasteiger partial charge in [-0.3, -0.25) is 10.3 Å². The van der Waals surface area contributed by atoms with Crippen LogP contribution in [0.1, 0.15) is 30.9 Å². The van der Waals surface area contributed by atoms with Crippen LogP contribution in [0.4, 0.5) is 13.2 Å². The molecule has 0 spiro atoms. The van der Waals surface area contributed by atoms with Gasteiger partial charge in [0.15, 0.2) is 0 Å². The maximum atomic E-state index is 12.8. The third-order valence-corrected chi connectivity index (χ3v) is 3.38. The topological polar surface area (TPSA) is 53.1 Å². The second-order valence-electron chi connectivity index (χ2n) is 5.17. The first-order valence-electron chi connectivity index (χ1n) is 6.57. The van der Waals surface area contributed by atoms with Gasteiger partial charge in [-0.2, -0.15) is 13.2 Å². The number of hydrogen-bond acceptors (Lipinski definition) is 2. The van der Waals surface area contributed by atoms with Gasteiger partial charge in [-0.1, -0.05) is 30.3 Å². The van der Waals surface area contributed by atoms with Crippen LogP contribution in [-0.4, -0.2) is 29.5 Å². The number of hydrogen-bond donors (Lipinski definition) is 2. The zero-order valence-corrected chi connectivity index (χ0v) is 11.0. The minimum Gasteiger partial charge on any atom is -0.388 e. The molecule has 1 aliphatic rings. The Bertz CT molecular complexity index is 454. The van der Waals surface area contributed by atoms with E-state index in [1.807, 2.05) is 6.07 Å². The predicted octanol–water partition coefficient (Wildman–Crippen LogP) is 3.08. The minimum absolute atomic E-state index is 0.0545. The van der Waals surface area contributed by atoms with E-state index in [-0.39, 0.29) is 18.3 Å². The first-order valence-corrected chi connectivity index (χ1v) is 6.57. The van der Waals surface area contributed by atoms with Crippen molar-refractivity contribution < 1.29 is 13.2 Å². The highest BCUT2D eigenvalue weighted by Crippen LogP contribution is 2.38. The summed E-state index contributed by atoms with van der Waals surface area (Å²) >= 11 is 0. The highest BCUT2D eigenvalue weighted by Gasteiger charge is 2.41. The van der Waals surface area contributed by atoms with Crippen LogP contribution in [0.15, 0.2) is 30.3 Å². The first kappa shape index (κ1) is 14.8. The Labute approximate surface area is 116 Å². The van der Waals surface area contributed by atoms with Crippen LogP contribution in [0.25, 0.3) is 0 Å². The van der Waals surface area contributed by atoms with E-state index < -0.39 is 18.8 Å². The molecular weight excluding hydrogens is 267 g/mol. The van der Waals surface area contributed by atoms with Crippen LogP contribution in [0, 0.1) is 5.41 Å². The summed E-state index contributed by atoms with van der Waals surface area (Å²) in [5.41, 5.74) is 6.20. The smallest absolute Gasteiger partial charge is 0.388 e. The van der Waals surface area contributed by atoms with E-state index in [4.69, 9.17) is 11.1 Å². The summed E-state index contributed by atoms with van der Waals surface area (Å²) in [5, 5.41) is 7.43. The maximum absolute atomic E-state index is 12.8. The standard InChI is InChI=1S/C14H18F3N3/c15-14(16,17)9-20(11-6-7-11)12(8-13(18)19)10-4-2-1-3-5-10/h1-5,11-12H,6-9H2,(H3,18,19). The van der Waals surface area contributed by atoms with Gasteiger partial charge in [-0.15, -0.1) is 0 Å². The van der Waals surface area contributed by atoms with Gasteiger partial charge in [0.25, 0.3) is 0 Å². The Morgan fingerprint density at radius 3 is 2.35 bits per heavy atom. The molecule has 1 aliphatic carbocycles. The lowest BCUT2D eigenvalue weighted by atomic mass is 10.0. The van der Waals surface area contributed by atoms with Gasteiger partial charge in [0, 0.05) is 18.5 Å². The molecule has 110 valence electrons. The van der Waals surface area contributed by atoms with Crippen molar-refractivity contribution >= 4 is 5.84 Å². The summed E-state index contributed by atoms with van der Waals surface area (Å²) in [6.45, 7) is -0.954. The van der Waals surface area contributed by atoms with Crippen molar-refractivity contribution in [2.24, 2.45) is 5.73 Å². The van der Waals surface area contributed by atoms with Crippen LogP contribution < -0.4 is 5.73 Å². The molecule has 6 heteroatoms. The molecule has 1 aromatic carbocycles. The van der Waals surface area contributed by atoms with Crippen molar-refractivity contribution in [1.82, 2.24) is 4.90 Å². The van der Waals surface area contributed by atoms with Crippen molar-refractivity contribution in [2.75, 3.05) is 6.54 Å². The van der Waals surface area contributed by atoms with Crippen molar-refractivity contribution in [3.63, 3.8) is 0 Å². The highest BCUT2D eigenvalue weighted by molar-refractivity contribution is 5.77. The Kier molecular flexibility index (Phi) is 4.32. The molecule has 0 aliphatic heterocycles. The van der Waals surface area contributed by atoms with Crippen molar-refractivity contribution in [2.45, 2.75) is 37.5 Å². The molecule has 0 radical (unpaired) electrons. The summed E-state index contributed by atoms with van der Waals surface area (Å²) in [4.78, 5) is 1.44. The van der Waals surface area contributed by atoms with Gasteiger partial charge in [-0.05, 0) is 18.4 Å². The summed E-state index contributed by atoms with van der Waals surface area (Å²) in [6, 6.07) is 8.45. The van der Waals surface area contributed by atoms with E-state index in [0.717, 1.165) is 18.4 Å². The van der Waals surface area contributed by atoms with Gasteiger partial charge in [0.1, 0.15) is 0 Å². The zero-order chi connectivity index (χ0) is 14.8. The van der Waals surface area contributed by atoms with Gasteiger partial charge >= 0.3 is 6.18 Å². The molecule has 0 bridgehead atoms. The zero-order valence-electron chi connectivity index (χ0n) is 11.0. The Balaban J connectivity index is 2.25. The van der Waals surface area contributed by atoms with Crippen LogP contribution in [0.3, 0.4) is 0 Å². The molecule has 0 saturated heterocycles. The molecule has 1 unspecified atom stereocenters. The van der Waals surface area contributed by atoms with Gasteiger partial charge < -0.3 is 5.73 Å². The number of nitrogens with two attached hydrogens (primary N) is 1. The van der Waals surface area contributed by atoms with E-state index in [1.165, 1.54) is 4.90 Å². The van der Waals surface area contributed by atoms with Crippen LogP contribution >= 0.6 is 0 Å². The van der Waals surface area contributed by atoms with E-state index in [9.17, 15) is 13.2 Å². The molecule has 1 aromatic rings. The number of halogens is 3. The Hall–Kier alpha value is -1.56. The molecule has 20 heavy (non-hydrogen) atoms. The fourth-order valence-corrected chi connectivity index (χ4v) is 2.42. The third kappa shape index (κ3) is 4.23. The molecule has 0 amide bonds. The largest absolute Gasteiger partial charge is 0.401 e. The first-order chi connectivity index (χ1) is 9.37. The lowest BCUT2D eigenvalue weighted by molar-refractivity contribution is -0.152. The van der Waals surface area contributed by atoms with Crippen molar-refractivity contribution in [3.8, 4) is 0 Å². The van der Waals surface area contributed by atoms with Crippen molar-refractivity contribution in [3.05, 3.63) is 35.9 Å². The van der Waals surface area contributed by atoms with Crippen LogP contribution in [0.2, 0.25) is 0 Å². The summed E-state index contributed by atoms with van der Waals surface area (Å²) < 4.78 is 38.3. The lowest BCUT2D eigenvalue weighted by Gasteiger charge is -2.32. The normalized spacial score (nSPS) is 17.2. The number of nitrogens with one attached hydrogen (secondary N) is 1. The second-order valence-corrected chi connectivity index (χ2v) is 5.17. The number of rotatable bonds is 6. The van der Waals surface area contributed by atoms with E-state index in [0.29, 0.717) is 0 Å². The number of alkyl halides is 3. The van der Waals surface area contributed by atoms with Crippen molar-refractivity contribution in [1.29, 1.82) is 5.41 Å². The molecule has 1 fully saturated rings.